The van der Waals surface area contributed by atoms with Crippen LogP contribution in [0.3, 0.4) is 0 Å². The summed E-state index contributed by atoms with van der Waals surface area (Å²) in [6.07, 6.45) is 8.08. The molecule has 1 unspecified atom stereocenters. The summed E-state index contributed by atoms with van der Waals surface area (Å²) in [5.74, 6) is -0.111. The number of carbonyl (C=O) groups is 2. The highest BCUT2D eigenvalue weighted by Gasteiger charge is 2.43. The summed E-state index contributed by atoms with van der Waals surface area (Å²) in [6.45, 7) is 1.28. The van der Waals surface area contributed by atoms with Gasteiger partial charge in [0, 0.05) is 22.0 Å². The van der Waals surface area contributed by atoms with E-state index in [2.05, 4.69) is 11.4 Å². The molecule has 2 saturated carbocycles. The Labute approximate surface area is 186 Å². The fourth-order valence-electron chi connectivity index (χ4n) is 4.24. The van der Waals surface area contributed by atoms with Crippen LogP contribution in [0.15, 0.2) is 28.7 Å². The van der Waals surface area contributed by atoms with Gasteiger partial charge < -0.3 is 14.5 Å². The standard InChI is InChI=1S/C24H28N2O4S/c1-24(15-25,16-11-12-16)26-21(27)13-29-23(28)22-19(14-31-17-7-3-2-4-8-17)18-9-5-6-10-20(18)30-22/h5-6,9-10,16-17H,2-4,7-8,11-14H2,1H3,(H,26,27). The molecule has 0 aliphatic heterocycles. The van der Waals surface area contributed by atoms with Gasteiger partial charge in [-0.25, -0.2) is 4.79 Å². The van der Waals surface area contributed by atoms with Crippen molar-refractivity contribution in [3.8, 4) is 6.07 Å². The maximum atomic E-state index is 12.8. The van der Waals surface area contributed by atoms with Crippen LogP contribution in [0, 0.1) is 17.2 Å². The molecule has 1 heterocycles. The summed E-state index contributed by atoms with van der Waals surface area (Å²) in [4.78, 5) is 25.1. The predicted octanol–water partition coefficient (Wildman–Crippen LogP) is 4.96. The molecular weight excluding hydrogens is 412 g/mol. The fraction of sp³-hybridized carbons (Fsp3) is 0.542. The Morgan fingerprint density at radius 3 is 2.68 bits per heavy atom. The lowest BCUT2D eigenvalue weighted by Gasteiger charge is -2.22. The number of nitrogens with one attached hydrogen (secondary N) is 1. The van der Waals surface area contributed by atoms with Crippen LogP contribution in [-0.4, -0.2) is 29.3 Å². The molecule has 0 bridgehead atoms. The molecule has 2 aliphatic carbocycles. The lowest BCUT2D eigenvalue weighted by Crippen LogP contribution is -2.48. The highest BCUT2D eigenvalue weighted by atomic mass is 32.2. The maximum Gasteiger partial charge on any atom is 0.375 e. The lowest BCUT2D eigenvalue weighted by molar-refractivity contribution is -0.125. The van der Waals surface area contributed by atoms with Gasteiger partial charge in [0.05, 0.1) is 6.07 Å². The fourth-order valence-corrected chi connectivity index (χ4v) is 5.60. The van der Waals surface area contributed by atoms with Crippen LogP contribution in [0.25, 0.3) is 11.0 Å². The van der Waals surface area contributed by atoms with E-state index in [0.29, 0.717) is 16.6 Å². The molecule has 1 atom stereocenters. The minimum absolute atomic E-state index is 0.163. The molecule has 164 valence electrons. The lowest BCUT2D eigenvalue weighted by atomic mass is 9.98. The Morgan fingerprint density at radius 2 is 1.97 bits per heavy atom. The molecule has 0 radical (unpaired) electrons. The Hall–Kier alpha value is -2.46. The maximum absolute atomic E-state index is 12.8. The highest BCUT2D eigenvalue weighted by Crippen LogP contribution is 2.39. The first-order valence-electron chi connectivity index (χ1n) is 11.0. The Bertz CT molecular complexity index is 1000. The molecule has 1 N–H and O–H groups in total. The van der Waals surface area contributed by atoms with Crippen LogP contribution in [0.1, 0.15) is 68.0 Å². The Morgan fingerprint density at radius 1 is 1.23 bits per heavy atom. The highest BCUT2D eigenvalue weighted by molar-refractivity contribution is 7.99. The molecule has 1 aromatic carbocycles. The van der Waals surface area contributed by atoms with Crippen LogP contribution in [0.4, 0.5) is 0 Å². The van der Waals surface area contributed by atoms with Crippen molar-refractivity contribution in [3.63, 3.8) is 0 Å². The van der Waals surface area contributed by atoms with Gasteiger partial charge >= 0.3 is 5.97 Å². The van der Waals surface area contributed by atoms with Crippen molar-refractivity contribution in [2.75, 3.05) is 6.61 Å². The SMILES string of the molecule is CC(C#N)(NC(=O)COC(=O)c1oc2ccccc2c1CSC1CCCCC1)C1CC1. The first kappa shape index (κ1) is 21.8. The number of fused-ring (bicyclic) bond motifs is 1. The molecular formula is C24H28N2O4S. The zero-order valence-electron chi connectivity index (χ0n) is 17.8. The van der Waals surface area contributed by atoms with Crippen molar-refractivity contribution in [3.05, 3.63) is 35.6 Å². The van der Waals surface area contributed by atoms with Gasteiger partial charge in [0.2, 0.25) is 5.76 Å². The molecule has 1 amide bonds. The van der Waals surface area contributed by atoms with Gasteiger partial charge in [0.1, 0.15) is 11.1 Å². The molecule has 2 aliphatic rings. The van der Waals surface area contributed by atoms with Crippen LogP contribution < -0.4 is 5.32 Å². The topological polar surface area (TPSA) is 92.3 Å². The van der Waals surface area contributed by atoms with Gasteiger partial charge in [-0.3, -0.25) is 4.79 Å². The molecule has 1 aromatic heterocycles. The van der Waals surface area contributed by atoms with E-state index in [-0.39, 0.29) is 11.7 Å². The zero-order valence-corrected chi connectivity index (χ0v) is 18.6. The van der Waals surface area contributed by atoms with E-state index >= 15 is 0 Å². The Balaban J connectivity index is 1.43. The second-order valence-electron chi connectivity index (χ2n) is 8.69. The molecule has 0 spiro atoms. The second-order valence-corrected chi connectivity index (χ2v) is 9.98. The van der Waals surface area contributed by atoms with Crippen molar-refractivity contribution in [2.45, 2.75) is 68.4 Å². The van der Waals surface area contributed by atoms with E-state index in [0.717, 1.165) is 23.8 Å². The summed E-state index contributed by atoms with van der Waals surface area (Å²) in [5, 5.41) is 13.6. The van der Waals surface area contributed by atoms with Gasteiger partial charge in [-0.1, -0.05) is 37.5 Å². The molecule has 2 aromatic rings. The number of amides is 1. The van der Waals surface area contributed by atoms with E-state index in [9.17, 15) is 14.9 Å². The third-order valence-electron chi connectivity index (χ3n) is 6.26. The third kappa shape index (κ3) is 5.07. The van der Waals surface area contributed by atoms with Gasteiger partial charge in [0.25, 0.3) is 5.91 Å². The van der Waals surface area contributed by atoms with Crippen molar-refractivity contribution in [1.29, 1.82) is 5.26 Å². The number of rotatable bonds is 8. The number of esters is 1. The quantitative estimate of drug-likeness (QED) is 0.583. The van der Waals surface area contributed by atoms with Crippen LogP contribution in [-0.2, 0) is 15.3 Å². The minimum Gasteiger partial charge on any atom is -0.450 e. The van der Waals surface area contributed by atoms with E-state index in [1.54, 1.807) is 6.92 Å². The van der Waals surface area contributed by atoms with Crippen molar-refractivity contribution in [1.82, 2.24) is 5.32 Å². The largest absolute Gasteiger partial charge is 0.450 e. The number of hydrogen-bond donors (Lipinski definition) is 1. The van der Waals surface area contributed by atoms with Gasteiger partial charge in [-0.15, -0.1) is 0 Å². The number of benzene rings is 1. The number of nitrogens with zero attached hydrogens (tertiary/aromatic N) is 1. The monoisotopic (exact) mass is 440 g/mol. The van der Waals surface area contributed by atoms with E-state index in [1.165, 1.54) is 32.1 Å². The summed E-state index contributed by atoms with van der Waals surface area (Å²) in [6, 6.07) is 9.75. The molecule has 2 fully saturated rings. The average molecular weight is 441 g/mol. The van der Waals surface area contributed by atoms with Gasteiger partial charge in [-0.05, 0) is 44.6 Å². The molecule has 0 saturated heterocycles. The summed E-state index contributed by atoms with van der Waals surface area (Å²) in [7, 11) is 0. The van der Waals surface area contributed by atoms with E-state index in [1.807, 2.05) is 36.0 Å². The number of para-hydroxylation sites is 1. The molecule has 6 nitrogen and oxygen atoms in total. The number of ether oxygens (including phenoxy) is 1. The van der Waals surface area contributed by atoms with Gasteiger partial charge in [-0.2, -0.15) is 17.0 Å². The summed E-state index contributed by atoms with van der Waals surface area (Å²) >= 11 is 1.86. The number of carbonyl (C=O) groups excluding carboxylic acids is 2. The van der Waals surface area contributed by atoms with E-state index < -0.39 is 24.0 Å². The summed E-state index contributed by atoms with van der Waals surface area (Å²) < 4.78 is 11.1. The third-order valence-corrected chi connectivity index (χ3v) is 7.66. The predicted molar refractivity (Wildman–Crippen MR) is 120 cm³/mol. The molecule has 7 heteroatoms. The Kier molecular flexibility index (Phi) is 6.57. The number of furan rings is 1. The first-order chi connectivity index (χ1) is 15.0. The zero-order chi connectivity index (χ0) is 21.8. The van der Waals surface area contributed by atoms with Crippen LogP contribution >= 0.6 is 11.8 Å². The molecule has 31 heavy (non-hydrogen) atoms. The van der Waals surface area contributed by atoms with Crippen molar-refractivity contribution < 1.29 is 18.7 Å². The minimum atomic E-state index is -0.912. The summed E-state index contributed by atoms with van der Waals surface area (Å²) in [5.41, 5.74) is 0.561. The van der Waals surface area contributed by atoms with Gasteiger partial charge in [0.15, 0.2) is 6.61 Å². The second kappa shape index (κ2) is 9.35. The van der Waals surface area contributed by atoms with Crippen molar-refractivity contribution >= 4 is 34.6 Å². The number of thioether (sulfide) groups is 1. The first-order valence-corrected chi connectivity index (χ1v) is 12.1. The molecule has 4 rings (SSSR count). The van der Waals surface area contributed by atoms with Crippen LogP contribution in [0.2, 0.25) is 0 Å². The smallest absolute Gasteiger partial charge is 0.375 e. The number of hydrogen-bond acceptors (Lipinski definition) is 6. The normalized spacial score (nSPS) is 18.8. The van der Waals surface area contributed by atoms with Crippen LogP contribution in [0.5, 0.6) is 0 Å². The number of nitriles is 1. The average Bonchev–Trinajstić information content (AvgIpc) is 3.59. The van der Waals surface area contributed by atoms with E-state index in [4.69, 9.17) is 9.15 Å². The van der Waals surface area contributed by atoms with Crippen molar-refractivity contribution in [2.24, 2.45) is 5.92 Å².